The Hall–Kier alpha value is -2.31. The third-order valence-electron chi connectivity index (χ3n) is 2.68. The number of ether oxygens (including phenoxy) is 1. The van der Waals surface area contributed by atoms with E-state index in [-0.39, 0.29) is 19.3 Å². The highest BCUT2D eigenvalue weighted by molar-refractivity contribution is 5.84. The second kappa shape index (κ2) is 7.98. The lowest BCUT2D eigenvalue weighted by Crippen LogP contribution is -2.41. The van der Waals surface area contributed by atoms with Crippen molar-refractivity contribution in [2.75, 3.05) is 7.11 Å². The maximum Gasteiger partial charge on any atom is 0.326 e. The molecule has 1 rings (SSSR count). The number of carbonyl (C=O) groups is 3. The predicted octanol–water partition coefficient (Wildman–Crippen LogP) is 0.735. The number of amides is 1. The van der Waals surface area contributed by atoms with E-state index in [4.69, 9.17) is 9.52 Å². The Balaban J connectivity index is 2.38. The normalized spacial score (nSPS) is 11.7. The third-order valence-corrected chi connectivity index (χ3v) is 2.68. The zero-order chi connectivity index (χ0) is 15.0. The highest BCUT2D eigenvalue weighted by Crippen LogP contribution is 2.05. The summed E-state index contributed by atoms with van der Waals surface area (Å²) in [7, 11) is 1.22. The van der Waals surface area contributed by atoms with E-state index in [9.17, 15) is 14.4 Å². The quantitative estimate of drug-likeness (QED) is 0.681. The van der Waals surface area contributed by atoms with Gasteiger partial charge in [-0.3, -0.25) is 9.59 Å². The SMILES string of the molecule is COC(=O)CCC(NC(=O)CCc1ccco1)C(=O)O. The van der Waals surface area contributed by atoms with E-state index in [0.29, 0.717) is 12.2 Å². The zero-order valence-electron chi connectivity index (χ0n) is 11.1. The summed E-state index contributed by atoms with van der Waals surface area (Å²) in [6, 6.07) is 2.35. The van der Waals surface area contributed by atoms with Crippen LogP contribution in [0.1, 0.15) is 25.0 Å². The van der Waals surface area contributed by atoms with Crippen molar-refractivity contribution in [1.29, 1.82) is 0 Å². The van der Waals surface area contributed by atoms with Gasteiger partial charge in [0.05, 0.1) is 13.4 Å². The summed E-state index contributed by atoms with van der Waals surface area (Å²) >= 11 is 0. The molecule has 2 N–H and O–H groups in total. The topological polar surface area (TPSA) is 106 Å². The molecule has 0 radical (unpaired) electrons. The Kier molecular flexibility index (Phi) is 6.28. The fourth-order valence-electron chi connectivity index (χ4n) is 1.58. The van der Waals surface area contributed by atoms with Gasteiger partial charge in [0, 0.05) is 19.3 Å². The van der Waals surface area contributed by atoms with Crippen LogP contribution in [0.25, 0.3) is 0 Å². The molecule has 20 heavy (non-hydrogen) atoms. The van der Waals surface area contributed by atoms with Gasteiger partial charge in [-0.05, 0) is 18.6 Å². The summed E-state index contributed by atoms with van der Waals surface area (Å²) in [5.74, 6) is -1.44. The highest BCUT2D eigenvalue weighted by atomic mass is 16.5. The lowest BCUT2D eigenvalue weighted by atomic mass is 10.1. The van der Waals surface area contributed by atoms with Crippen molar-refractivity contribution in [2.45, 2.75) is 31.7 Å². The van der Waals surface area contributed by atoms with E-state index >= 15 is 0 Å². The molecular weight excluding hydrogens is 266 g/mol. The molecule has 1 unspecified atom stereocenters. The lowest BCUT2D eigenvalue weighted by molar-refractivity contribution is -0.144. The fourth-order valence-corrected chi connectivity index (χ4v) is 1.58. The summed E-state index contributed by atoms with van der Waals surface area (Å²) in [6.07, 6.45) is 1.95. The average molecular weight is 283 g/mol. The largest absolute Gasteiger partial charge is 0.480 e. The first kappa shape index (κ1) is 15.7. The molecule has 1 aromatic rings. The standard InChI is InChI=1S/C13H17NO6/c1-19-12(16)7-5-10(13(17)18)14-11(15)6-4-9-3-2-8-20-9/h2-3,8,10H,4-7H2,1H3,(H,14,15)(H,17,18). The van der Waals surface area contributed by atoms with Crippen LogP contribution in [0.15, 0.2) is 22.8 Å². The van der Waals surface area contributed by atoms with Crippen molar-refractivity contribution >= 4 is 17.8 Å². The Bertz CT molecular complexity index is 453. The van der Waals surface area contributed by atoms with E-state index in [2.05, 4.69) is 10.1 Å². The molecule has 0 bridgehead atoms. The van der Waals surface area contributed by atoms with E-state index in [1.807, 2.05) is 0 Å². The summed E-state index contributed by atoms with van der Waals surface area (Å²) in [5, 5.41) is 11.3. The second-order valence-corrected chi connectivity index (χ2v) is 4.15. The van der Waals surface area contributed by atoms with E-state index in [1.165, 1.54) is 13.4 Å². The van der Waals surface area contributed by atoms with Gasteiger partial charge in [-0.2, -0.15) is 0 Å². The molecule has 7 heteroatoms. The fraction of sp³-hybridized carbons (Fsp3) is 0.462. The number of esters is 1. The molecule has 7 nitrogen and oxygen atoms in total. The minimum absolute atomic E-state index is 0.00546. The number of aryl methyl sites for hydroxylation is 1. The third kappa shape index (κ3) is 5.55. The molecule has 0 saturated carbocycles. The number of rotatable bonds is 8. The van der Waals surface area contributed by atoms with Crippen molar-refractivity contribution in [3.63, 3.8) is 0 Å². The van der Waals surface area contributed by atoms with E-state index < -0.39 is 23.9 Å². The van der Waals surface area contributed by atoms with Gasteiger partial charge in [0.25, 0.3) is 0 Å². The molecule has 0 saturated heterocycles. The molecular formula is C13H17NO6. The number of carboxylic acids is 1. The van der Waals surface area contributed by atoms with Crippen LogP contribution in [-0.2, 0) is 25.5 Å². The number of nitrogens with one attached hydrogen (secondary N) is 1. The molecule has 0 fully saturated rings. The maximum atomic E-state index is 11.6. The molecule has 0 aliphatic rings. The zero-order valence-corrected chi connectivity index (χ0v) is 11.1. The van der Waals surface area contributed by atoms with Crippen LogP contribution in [-0.4, -0.2) is 36.1 Å². The van der Waals surface area contributed by atoms with E-state index in [0.717, 1.165) is 0 Å². The van der Waals surface area contributed by atoms with Crippen molar-refractivity contribution in [2.24, 2.45) is 0 Å². The summed E-state index contributed by atoms with van der Waals surface area (Å²) < 4.78 is 9.50. The van der Waals surface area contributed by atoms with Gasteiger partial charge in [0.1, 0.15) is 11.8 Å². The van der Waals surface area contributed by atoms with Crippen molar-refractivity contribution < 1.29 is 28.6 Å². The van der Waals surface area contributed by atoms with Gasteiger partial charge in [0.15, 0.2) is 0 Å². The van der Waals surface area contributed by atoms with Gasteiger partial charge >= 0.3 is 11.9 Å². The maximum absolute atomic E-state index is 11.6. The van der Waals surface area contributed by atoms with Gasteiger partial charge in [-0.25, -0.2) is 4.79 Å². The summed E-state index contributed by atoms with van der Waals surface area (Å²) in [5.41, 5.74) is 0. The Morgan fingerprint density at radius 3 is 2.70 bits per heavy atom. The minimum atomic E-state index is -1.18. The lowest BCUT2D eigenvalue weighted by Gasteiger charge is -2.13. The Morgan fingerprint density at radius 1 is 1.40 bits per heavy atom. The van der Waals surface area contributed by atoms with Crippen LogP contribution in [0.4, 0.5) is 0 Å². The molecule has 1 atom stereocenters. The first-order chi connectivity index (χ1) is 9.52. The first-order valence-corrected chi connectivity index (χ1v) is 6.14. The highest BCUT2D eigenvalue weighted by Gasteiger charge is 2.21. The van der Waals surface area contributed by atoms with Crippen LogP contribution in [0.3, 0.4) is 0 Å². The number of carboxylic acid groups (broad SMARTS) is 1. The monoisotopic (exact) mass is 283 g/mol. The molecule has 1 amide bonds. The Labute approximate surface area is 115 Å². The summed E-state index contributed by atoms with van der Waals surface area (Å²) in [4.78, 5) is 33.6. The number of aliphatic carboxylic acids is 1. The van der Waals surface area contributed by atoms with Gasteiger partial charge < -0.3 is 19.6 Å². The Morgan fingerprint density at radius 2 is 2.15 bits per heavy atom. The van der Waals surface area contributed by atoms with Gasteiger partial charge in [-0.1, -0.05) is 0 Å². The van der Waals surface area contributed by atoms with Crippen LogP contribution < -0.4 is 5.32 Å². The van der Waals surface area contributed by atoms with Crippen molar-refractivity contribution in [3.05, 3.63) is 24.2 Å². The number of furan rings is 1. The van der Waals surface area contributed by atoms with E-state index in [1.54, 1.807) is 12.1 Å². The molecule has 110 valence electrons. The average Bonchev–Trinajstić information content (AvgIpc) is 2.93. The number of hydrogen-bond donors (Lipinski definition) is 2. The van der Waals surface area contributed by atoms with Crippen LogP contribution >= 0.6 is 0 Å². The van der Waals surface area contributed by atoms with Gasteiger partial charge in [-0.15, -0.1) is 0 Å². The first-order valence-electron chi connectivity index (χ1n) is 6.14. The molecule has 0 aromatic carbocycles. The van der Waals surface area contributed by atoms with Crippen LogP contribution in [0.5, 0.6) is 0 Å². The smallest absolute Gasteiger partial charge is 0.326 e. The summed E-state index contributed by atoms with van der Waals surface area (Å²) in [6.45, 7) is 0. The number of hydrogen-bond acceptors (Lipinski definition) is 5. The van der Waals surface area contributed by atoms with Gasteiger partial charge in [0.2, 0.25) is 5.91 Å². The molecule has 0 spiro atoms. The van der Waals surface area contributed by atoms with Crippen molar-refractivity contribution in [3.8, 4) is 0 Å². The predicted molar refractivity (Wildman–Crippen MR) is 67.8 cm³/mol. The number of carbonyl (C=O) groups excluding carboxylic acids is 2. The minimum Gasteiger partial charge on any atom is -0.480 e. The molecule has 1 aromatic heterocycles. The van der Waals surface area contributed by atoms with Crippen molar-refractivity contribution in [1.82, 2.24) is 5.32 Å². The molecule has 1 heterocycles. The van der Waals surface area contributed by atoms with Crippen LogP contribution in [0, 0.1) is 0 Å². The molecule has 0 aliphatic heterocycles. The second-order valence-electron chi connectivity index (χ2n) is 4.15. The number of methoxy groups -OCH3 is 1. The van der Waals surface area contributed by atoms with Crippen LogP contribution in [0.2, 0.25) is 0 Å². The molecule has 0 aliphatic carbocycles.